The number of fused-ring (bicyclic) bond motifs is 2. The Balaban J connectivity index is 1.80. The summed E-state index contributed by atoms with van der Waals surface area (Å²) in [5, 5.41) is 5.04. The molecule has 116 valence electrons. The normalized spacial score (nSPS) is 31.3. The van der Waals surface area contributed by atoms with Crippen LogP contribution in [0.1, 0.15) is 45.1 Å². The van der Waals surface area contributed by atoms with E-state index < -0.39 is 0 Å². The Kier molecular flexibility index (Phi) is 4.55. The summed E-state index contributed by atoms with van der Waals surface area (Å²) in [6, 6.07) is 6.70. The Bertz CT molecular complexity index is 514. The number of rotatable bonds is 5. The average Bonchev–Trinajstić information content (AvgIpc) is 3.02. The summed E-state index contributed by atoms with van der Waals surface area (Å²) in [5.74, 6) is 1.83. The molecule has 21 heavy (non-hydrogen) atoms. The van der Waals surface area contributed by atoms with Crippen LogP contribution >= 0.6 is 23.2 Å². The van der Waals surface area contributed by atoms with Crippen LogP contribution in [-0.2, 0) is 6.42 Å². The van der Waals surface area contributed by atoms with Gasteiger partial charge in [0.25, 0.3) is 0 Å². The van der Waals surface area contributed by atoms with Gasteiger partial charge in [-0.1, -0.05) is 49.5 Å². The third kappa shape index (κ3) is 3.25. The van der Waals surface area contributed by atoms with Crippen molar-refractivity contribution in [2.45, 2.75) is 52.0 Å². The lowest BCUT2D eigenvalue weighted by atomic mass is 9.69. The Labute approximate surface area is 138 Å². The molecule has 1 nitrogen and oxygen atoms in total. The first-order valence-electron chi connectivity index (χ1n) is 8.16. The monoisotopic (exact) mass is 325 g/mol. The Morgan fingerprint density at radius 2 is 2.05 bits per heavy atom. The third-order valence-electron chi connectivity index (χ3n) is 5.51. The lowest BCUT2D eigenvalue weighted by Gasteiger charge is -2.39. The minimum absolute atomic E-state index is 0.421. The van der Waals surface area contributed by atoms with Crippen LogP contribution in [0.5, 0.6) is 0 Å². The van der Waals surface area contributed by atoms with Crippen LogP contribution in [-0.4, -0.2) is 12.6 Å². The van der Waals surface area contributed by atoms with Gasteiger partial charge in [0.05, 0.1) is 10.0 Å². The molecule has 0 heterocycles. The molecule has 2 saturated carbocycles. The standard InChI is InChI=1S/C18H25Cl2N/c1-12(2)21-11-18(9-13-3-5-15(18)7-13)10-14-4-6-16(19)17(20)8-14/h4,6,8,12-13,15,21H,3,5,7,9-11H2,1-2H3. The maximum absolute atomic E-state index is 6.20. The van der Waals surface area contributed by atoms with Crippen molar-refractivity contribution in [3.8, 4) is 0 Å². The molecule has 0 radical (unpaired) electrons. The van der Waals surface area contributed by atoms with Gasteiger partial charge in [-0.25, -0.2) is 0 Å². The summed E-state index contributed by atoms with van der Waals surface area (Å²) >= 11 is 12.3. The summed E-state index contributed by atoms with van der Waals surface area (Å²) in [6.45, 7) is 5.60. The lowest BCUT2D eigenvalue weighted by molar-refractivity contribution is 0.152. The van der Waals surface area contributed by atoms with Gasteiger partial charge in [-0.15, -0.1) is 0 Å². The van der Waals surface area contributed by atoms with E-state index in [9.17, 15) is 0 Å². The van der Waals surface area contributed by atoms with E-state index in [2.05, 4.69) is 31.3 Å². The third-order valence-corrected chi connectivity index (χ3v) is 6.24. The van der Waals surface area contributed by atoms with E-state index in [1.54, 1.807) is 0 Å². The minimum Gasteiger partial charge on any atom is -0.314 e. The van der Waals surface area contributed by atoms with Gasteiger partial charge in [-0.3, -0.25) is 0 Å². The number of halogens is 2. The summed E-state index contributed by atoms with van der Waals surface area (Å²) in [5.41, 5.74) is 1.76. The van der Waals surface area contributed by atoms with Crippen molar-refractivity contribution in [2.24, 2.45) is 17.3 Å². The zero-order valence-electron chi connectivity index (χ0n) is 13.0. The van der Waals surface area contributed by atoms with E-state index in [0.717, 1.165) is 24.8 Å². The van der Waals surface area contributed by atoms with Gasteiger partial charge in [-0.05, 0) is 60.6 Å². The number of benzene rings is 1. The highest BCUT2D eigenvalue weighted by molar-refractivity contribution is 6.42. The van der Waals surface area contributed by atoms with Gasteiger partial charge in [0.1, 0.15) is 0 Å². The fourth-order valence-corrected chi connectivity index (χ4v) is 4.84. The highest BCUT2D eigenvalue weighted by atomic mass is 35.5. The molecule has 0 aromatic heterocycles. The summed E-state index contributed by atoms with van der Waals surface area (Å²) in [6.07, 6.45) is 6.78. The quantitative estimate of drug-likeness (QED) is 0.770. The fourth-order valence-electron chi connectivity index (χ4n) is 4.52. The van der Waals surface area contributed by atoms with E-state index in [4.69, 9.17) is 23.2 Å². The topological polar surface area (TPSA) is 12.0 Å². The fraction of sp³-hybridized carbons (Fsp3) is 0.667. The molecule has 3 unspecified atom stereocenters. The second-order valence-electron chi connectivity index (χ2n) is 7.40. The van der Waals surface area contributed by atoms with Gasteiger partial charge in [0, 0.05) is 12.6 Å². The van der Waals surface area contributed by atoms with Crippen LogP contribution in [0.15, 0.2) is 18.2 Å². The largest absolute Gasteiger partial charge is 0.314 e. The van der Waals surface area contributed by atoms with Crippen molar-refractivity contribution in [3.05, 3.63) is 33.8 Å². The van der Waals surface area contributed by atoms with Crippen molar-refractivity contribution in [3.63, 3.8) is 0 Å². The Morgan fingerprint density at radius 1 is 1.24 bits per heavy atom. The smallest absolute Gasteiger partial charge is 0.0595 e. The van der Waals surface area contributed by atoms with E-state index >= 15 is 0 Å². The molecule has 3 rings (SSSR count). The molecule has 1 aromatic carbocycles. The van der Waals surface area contributed by atoms with Gasteiger partial charge in [-0.2, -0.15) is 0 Å². The predicted octanol–water partition coefficient (Wildman–Crippen LogP) is 5.34. The van der Waals surface area contributed by atoms with E-state index in [1.807, 2.05) is 6.07 Å². The van der Waals surface area contributed by atoms with Gasteiger partial charge in [0.2, 0.25) is 0 Å². The first-order chi connectivity index (χ1) is 9.98. The summed E-state index contributed by atoms with van der Waals surface area (Å²) < 4.78 is 0. The molecule has 3 heteroatoms. The van der Waals surface area contributed by atoms with E-state index in [0.29, 0.717) is 21.5 Å². The molecule has 3 atom stereocenters. The van der Waals surface area contributed by atoms with Crippen molar-refractivity contribution in [1.82, 2.24) is 5.32 Å². The molecular weight excluding hydrogens is 301 g/mol. The molecule has 2 bridgehead atoms. The lowest BCUT2D eigenvalue weighted by Crippen LogP contribution is -2.42. The number of hydrogen-bond acceptors (Lipinski definition) is 1. The maximum atomic E-state index is 6.20. The predicted molar refractivity (Wildman–Crippen MR) is 91.2 cm³/mol. The zero-order chi connectivity index (χ0) is 15.0. The molecule has 1 aromatic rings. The van der Waals surface area contributed by atoms with E-state index in [-0.39, 0.29) is 0 Å². The van der Waals surface area contributed by atoms with Crippen molar-refractivity contribution in [1.29, 1.82) is 0 Å². The van der Waals surface area contributed by atoms with Crippen LogP contribution in [0.4, 0.5) is 0 Å². The Morgan fingerprint density at radius 3 is 2.62 bits per heavy atom. The SMILES string of the molecule is CC(C)NCC1(Cc2ccc(Cl)c(Cl)c2)CC2CCC1C2. The highest BCUT2D eigenvalue weighted by Crippen LogP contribution is 2.57. The van der Waals surface area contributed by atoms with Crippen LogP contribution in [0, 0.1) is 17.3 Å². The maximum Gasteiger partial charge on any atom is 0.0595 e. The molecule has 0 aliphatic heterocycles. The van der Waals surface area contributed by atoms with Crippen molar-refractivity contribution in [2.75, 3.05) is 6.54 Å². The molecule has 2 aliphatic carbocycles. The zero-order valence-corrected chi connectivity index (χ0v) is 14.5. The van der Waals surface area contributed by atoms with Crippen LogP contribution in [0.3, 0.4) is 0 Å². The average molecular weight is 326 g/mol. The Hall–Kier alpha value is -0.240. The van der Waals surface area contributed by atoms with Crippen LogP contribution < -0.4 is 5.32 Å². The number of hydrogen-bond donors (Lipinski definition) is 1. The molecule has 2 aliphatic rings. The van der Waals surface area contributed by atoms with Crippen molar-refractivity contribution < 1.29 is 0 Å². The summed E-state index contributed by atoms with van der Waals surface area (Å²) in [7, 11) is 0. The first kappa shape index (κ1) is 15.6. The molecule has 2 fully saturated rings. The van der Waals surface area contributed by atoms with Gasteiger partial charge >= 0.3 is 0 Å². The molecule has 0 spiro atoms. The minimum atomic E-state index is 0.421. The summed E-state index contributed by atoms with van der Waals surface area (Å²) in [4.78, 5) is 0. The highest BCUT2D eigenvalue weighted by Gasteiger charge is 2.50. The van der Waals surface area contributed by atoms with Crippen molar-refractivity contribution >= 4 is 23.2 Å². The second-order valence-corrected chi connectivity index (χ2v) is 8.22. The van der Waals surface area contributed by atoms with Gasteiger partial charge in [0.15, 0.2) is 0 Å². The second kappa shape index (κ2) is 6.10. The molecule has 0 amide bonds. The van der Waals surface area contributed by atoms with E-state index in [1.165, 1.54) is 31.2 Å². The van der Waals surface area contributed by atoms with Gasteiger partial charge < -0.3 is 5.32 Å². The van der Waals surface area contributed by atoms with Crippen LogP contribution in [0.2, 0.25) is 10.0 Å². The van der Waals surface area contributed by atoms with Crippen LogP contribution in [0.25, 0.3) is 0 Å². The molecule has 0 saturated heterocycles. The molecule has 1 N–H and O–H groups in total. The number of nitrogens with one attached hydrogen (secondary N) is 1. The first-order valence-corrected chi connectivity index (χ1v) is 8.91. The molecular formula is C18H25Cl2N.